The first-order valence-corrected chi connectivity index (χ1v) is 8.97. The second-order valence-corrected chi connectivity index (χ2v) is 6.02. The zero-order valence-electron chi connectivity index (χ0n) is 17.9. The highest BCUT2D eigenvalue weighted by Crippen LogP contribution is 2.53. The minimum Gasteiger partial charge on any atom is -0.492 e. The molecule has 0 aliphatic carbocycles. The zero-order chi connectivity index (χ0) is 22.3. The summed E-state index contributed by atoms with van der Waals surface area (Å²) >= 11 is 0. The number of rotatable bonds is 10. The van der Waals surface area contributed by atoms with Crippen LogP contribution in [-0.4, -0.2) is 48.3 Å². The fraction of sp³-hybridized carbons (Fsp3) is 0.261. The Balaban J connectivity index is 2.84. The van der Waals surface area contributed by atoms with Gasteiger partial charge in [-0.25, -0.2) is 4.79 Å². The SMILES string of the molecule is C=Cc1c(OC)c(OCOC)c(OC)c(OC)c1-c1cccc(C(=C)C(=O)OC)c1. The van der Waals surface area contributed by atoms with Crippen molar-refractivity contribution in [3.8, 4) is 34.1 Å². The van der Waals surface area contributed by atoms with Crippen molar-refractivity contribution in [3.05, 3.63) is 48.6 Å². The van der Waals surface area contributed by atoms with Crippen LogP contribution < -0.4 is 18.9 Å². The molecule has 0 aromatic heterocycles. The first-order chi connectivity index (χ1) is 14.5. The molecule has 2 aromatic rings. The number of benzene rings is 2. The molecular formula is C23H26O7. The van der Waals surface area contributed by atoms with Gasteiger partial charge in [-0.2, -0.15) is 0 Å². The van der Waals surface area contributed by atoms with Gasteiger partial charge in [0.25, 0.3) is 0 Å². The molecule has 0 spiro atoms. The average molecular weight is 414 g/mol. The van der Waals surface area contributed by atoms with Gasteiger partial charge in [-0.05, 0) is 17.2 Å². The fourth-order valence-corrected chi connectivity index (χ4v) is 3.09. The Bertz CT molecular complexity index is 947. The van der Waals surface area contributed by atoms with E-state index in [1.165, 1.54) is 35.5 Å². The maximum absolute atomic E-state index is 11.9. The lowest BCUT2D eigenvalue weighted by atomic mass is 9.93. The van der Waals surface area contributed by atoms with Crippen LogP contribution in [-0.2, 0) is 14.3 Å². The second kappa shape index (κ2) is 10.4. The van der Waals surface area contributed by atoms with Crippen molar-refractivity contribution in [1.29, 1.82) is 0 Å². The van der Waals surface area contributed by atoms with Crippen LogP contribution >= 0.6 is 0 Å². The summed E-state index contributed by atoms with van der Waals surface area (Å²) < 4.78 is 32.4. The molecule has 0 amide bonds. The predicted molar refractivity (Wildman–Crippen MR) is 115 cm³/mol. The lowest BCUT2D eigenvalue weighted by Gasteiger charge is -2.23. The van der Waals surface area contributed by atoms with Crippen molar-refractivity contribution >= 4 is 17.6 Å². The first kappa shape index (κ1) is 22.8. The normalized spacial score (nSPS) is 10.2. The van der Waals surface area contributed by atoms with E-state index in [2.05, 4.69) is 13.2 Å². The van der Waals surface area contributed by atoms with Crippen molar-refractivity contribution in [1.82, 2.24) is 0 Å². The Hall–Kier alpha value is -3.45. The fourth-order valence-electron chi connectivity index (χ4n) is 3.09. The lowest BCUT2D eigenvalue weighted by molar-refractivity contribution is -0.133. The largest absolute Gasteiger partial charge is 0.492 e. The van der Waals surface area contributed by atoms with Crippen LogP contribution in [0.25, 0.3) is 22.8 Å². The van der Waals surface area contributed by atoms with Gasteiger partial charge in [0.1, 0.15) is 0 Å². The summed E-state index contributed by atoms with van der Waals surface area (Å²) in [6, 6.07) is 7.25. The van der Waals surface area contributed by atoms with E-state index in [1.807, 2.05) is 6.07 Å². The van der Waals surface area contributed by atoms with Crippen molar-refractivity contribution < 1.29 is 33.2 Å². The molecule has 0 bridgehead atoms. The van der Waals surface area contributed by atoms with E-state index in [-0.39, 0.29) is 12.4 Å². The summed E-state index contributed by atoms with van der Waals surface area (Å²) in [5.74, 6) is 0.977. The van der Waals surface area contributed by atoms with Gasteiger partial charge < -0.3 is 28.4 Å². The summed E-state index contributed by atoms with van der Waals surface area (Å²) in [7, 11) is 7.37. The summed E-state index contributed by atoms with van der Waals surface area (Å²) in [4.78, 5) is 11.9. The van der Waals surface area contributed by atoms with E-state index < -0.39 is 5.97 Å². The molecule has 0 radical (unpaired) electrons. The first-order valence-electron chi connectivity index (χ1n) is 8.97. The van der Waals surface area contributed by atoms with Crippen LogP contribution in [0, 0.1) is 0 Å². The third-order valence-corrected chi connectivity index (χ3v) is 4.43. The monoisotopic (exact) mass is 414 g/mol. The molecule has 0 aliphatic heterocycles. The molecular weight excluding hydrogens is 388 g/mol. The zero-order valence-corrected chi connectivity index (χ0v) is 17.9. The Morgan fingerprint density at radius 1 is 0.967 bits per heavy atom. The molecule has 160 valence electrons. The molecule has 0 N–H and O–H groups in total. The van der Waals surface area contributed by atoms with Gasteiger partial charge in [0.05, 0.1) is 34.0 Å². The molecule has 0 unspecified atom stereocenters. The van der Waals surface area contributed by atoms with Crippen molar-refractivity contribution in [2.75, 3.05) is 42.3 Å². The minimum atomic E-state index is -0.512. The Morgan fingerprint density at radius 2 is 1.63 bits per heavy atom. The highest BCUT2D eigenvalue weighted by molar-refractivity contribution is 6.15. The summed E-state index contributed by atoms with van der Waals surface area (Å²) in [6.07, 6.45) is 1.64. The number of carbonyl (C=O) groups is 1. The van der Waals surface area contributed by atoms with Crippen LogP contribution in [0.2, 0.25) is 0 Å². The molecule has 0 heterocycles. The van der Waals surface area contributed by atoms with Gasteiger partial charge >= 0.3 is 5.97 Å². The van der Waals surface area contributed by atoms with Crippen LogP contribution in [0.3, 0.4) is 0 Å². The van der Waals surface area contributed by atoms with Crippen LogP contribution in [0.5, 0.6) is 23.0 Å². The van der Waals surface area contributed by atoms with Gasteiger partial charge in [0.15, 0.2) is 18.3 Å². The van der Waals surface area contributed by atoms with Crippen molar-refractivity contribution in [3.63, 3.8) is 0 Å². The van der Waals surface area contributed by atoms with E-state index in [1.54, 1.807) is 24.3 Å². The van der Waals surface area contributed by atoms with Crippen molar-refractivity contribution in [2.45, 2.75) is 0 Å². The van der Waals surface area contributed by atoms with Crippen LogP contribution in [0.15, 0.2) is 37.4 Å². The average Bonchev–Trinajstić information content (AvgIpc) is 2.79. The molecule has 0 saturated carbocycles. The van der Waals surface area contributed by atoms with Gasteiger partial charge in [-0.15, -0.1) is 0 Å². The number of hydrogen-bond acceptors (Lipinski definition) is 7. The molecule has 0 saturated heterocycles. The number of carbonyl (C=O) groups excluding carboxylic acids is 1. The summed E-state index contributed by atoms with van der Waals surface area (Å²) in [5, 5.41) is 0. The van der Waals surface area contributed by atoms with Crippen LogP contribution in [0.1, 0.15) is 11.1 Å². The molecule has 0 atom stereocenters. The number of hydrogen-bond donors (Lipinski definition) is 0. The third kappa shape index (κ3) is 4.26. The lowest BCUT2D eigenvalue weighted by Crippen LogP contribution is -2.07. The van der Waals surface area contributed by atoms with E-state index in [9.17, 15) is 4.79 Å². The Labute approximate surface area is 176 Å². The Morgan fingerprint density at radius 3 is 2.17 bits per heavy atom. The van der Waals surface area contributed by atoms with E-state index in [0.717, 1.165) is 5.56 Å². The summed E-state index contributed by atoms with van der Waals surface area (Å²) in [6.45, 7) is 7.73. The molecule has 2 rings (SSSR count). The molecule has 2 aromatic carbocycles. The molecule has 7 heteroatoms. The van der Waals surface area contributed by atoms with Crippen LogP contribution in [0.4, 0.5) is 0 Å². The molecule has 7 nitrogen and oxygen atoms in total. The molecule has 30 heavy (non-hydrogen) atoms. The number of methoxy groups -OCH3 is 5. The second-order valence-electron chi connectivity index (χ2n) is 6.02. The smallest absolute Gasteiger partial charge is 0.337 e. The van der Waals surface area contributed by atoms with Gasteiger partial charge in [0.2, 0.25) is 11.5 Å². The maximum Gasteiger partial charge on any atom is 0.337 e. The van der Waals surface area contributed by atoms with Gasteiger partial charge in [-0.1, -0.05) is 37.4 Å². The summed E-state index contributed by atoms with van der Waals surface area (Å²) in [5.41, 5.74) is 2.86. The van der Waals surface area contributed by atoms with E-state index >= 15 is 0 Å². The standard InChI is InChI=1S/C23H26O7/c1-8-17-18(16-11-9-10-15(12-16)14(2)23(24)29-7)20(27-5)21(28-6)22(19(17)26-4)30-13-25-3/h8-12H,1-2,13H2,3-7H3. The number of esters is 1. The third-order valence-electron chi connectivity index (χ3n) is 4.43. The molecule has 0 fully saturated rings. The quantitative estimate of drug-likeness (QED) is 0.328. The Kier molecular flexibility index (Phi) is 7.89. The highest BCUT2D eigenvalue weighted by Gasteiger charge is 2.28. The predicted octanol–water partition coefficient (Wildman–Crippen LogP) is 4.19. The maximum atomic E-state index is 11.9. The topological polar surface area (TPSA) is 72.5 Å². The minimum absolute atomic E-state index is 0.0136. The van der Waals surface area contributed by atoms with Crippen molar-refractivity contribution in [2.24, 2.45) is 0 Å². The van der Waals surface area contributed by atoms with E-state index in [4.69, 9.17) is 28.4 Å². The highest BCUT2D eigenvalue weighted by atomic mass is 16.7. The van der Waals surface area contributed by atoms with Gasteiger partial charge in [-0.3, -0.25) is 0 Å². The number of ether oxygens (including phenoxy) is 6. The van der Waals surface area contributed by atoms with Gasteiger partial charge in [0, 0.05) is 18.2 Å². The van der Waals surface area contributed by atoms with E-state index in [0.29, 0.717) is 39.7 Å². The molecule has 0 aliphatic rings.